The summed E-state index contributed by atoms with van der Waals surface area (Å²) in [7, 11) is 1.29. The van der Waals surface area contributed by atoms with Gasteiger partial charge < -0.3 is 45.4 Å². The number of thioether (sulfide) groups is 2. The normalized spacial score (nSPS) is 18.2. The molecule has 3 aliphatic heterocycles. The summed E-state index contributed by atoms with van der Waals surface area (Å²) in [6, 6.07) is 10.5. The van der Waals surface area contributed by atoms with Gasteiger partial charge in [-0.15, -0.1) is 23.5 Å². The van der Waals surface area contributed by atoms with Crippen LogP contribution in [0.2, 0.25) is 0 Å². The number of carbonyl (C=O) groups excluding carboxylic acids is 5. The second kappa shape index (κ2) is 18.0. The van der Waals surface area contributed by atoms with Gasteiger partial charge in [-0.05, 0) is 36.2 Å². The lowest BCUT2D eigenvalue weighted by atomic mass is 10.2. The number of rotatable bonds is 14. The highest BCUT2D eigenvalue weighted by atomic mass is 32.2. The average molecular weight is 742 g/mol. The predicted molar refractivity (Wildman–Crippen MR) is 195 cm³/mol. The van der Waals surface area contributed by atoms with Gasteiger partial charge in [0.1, 0.15) is 18.8 Å². The smallest absolute Gasteiger partial charge is 0.407 e. The lowest BCUT2D eigenvalue weighted by Crippen LogP contribution is -2.58. The van der Waals surface area contributed by atoms with E-state index < -0.39 is 42.2 Å². The fourth-order valence-electron chi connectivity index (χ4n) is 5.45. The molecule has 0 aliphatic carbocycles. The van der Waals surface area contributed by atoms with Crippen LogP contribution in [0.5, 0.6) is 0 Å². The fraction of sp³-hybridized carbons (Fsp3) is 0.424. The number of urea groups is 1. The second-order valence-electron chi connectivity index (χ2n) is 11.5. The molecule has 0 saturated carbocycles. The van der Waals surface area contributed by atoms with Gasteiger partial charge in [-0.1, -0.05) is 24.3 Å². The number of fused-ring (bicyclic) bond motifs is 1. The Kier molecular flexibility index (Phi) is 13.3. The van der Waals surface area contributed by atoms with Gasteiger partial charge in [0.25, 0.3) is 11.8 Å². The number of benzene rings is 2. The van der Waals surface area contributed by atoms with Gasteiger partial charge in [-0.2, -0.15) is 0 Å². The molecule has 5 amide bonds. The number of ether oxygens (including phenoxy) is 2. The molecule has 2 aromatic carbocycles. The number of nitrogens with one attached hydrogen (secondary N) is 3. The van der Waals surface area contributed by atoms with E-state index in [1.807, 2.05) is 0 Å². The van der Waals surface area contributed by atoms with E-state index in [4.69, 9.17) is 4.74 Å². The Hall–Kier alpha value is -4.65. The number of aliphatic imine (C=N–C) groups is 2. The van der Waals surface area contributed by atoms with Crippen molar-refractivity contribution < 1.29 is 43.7 Å². The molecule has 2 aromatic rings. The van der Waals surface area contributed by atoms with Crippen LogP contribution in [0.4, 0.5) is 26.7 Å². The highest BCUT2D eigenvalue weighted by Crippen LogP contribution is 2.34. The van der Waals surface area contributed by atoms with E-state index in [9.17, 15) is 34.2 Å². The van der Waals surface area contributed by atoms with E-state index in [1.165, 1.54) is 40.4 Å². The molecular weight excluding hydrogens is 703 g/mol. The topological polar surface area (TPSA) is 212 Å². The Morgan fingerprint density at radius 2 is 1.53 bits per heavy atom. The molecule has 2 atom stereocenters. The third kappa shape index (κ3) is 9.99. The second-order valence-corrected chi connectivity index (χ2v) is 13.7. The maximum Gasteiger partial charge on any atom is 0.407 e. The SMILES string of the molecule is COC(=O)CCCNC(=O)OCc1cccc(NC(=O)NC2C(=O)N(CC(O)C3=NCCS3)c3ccccc3N(CC(O)C3=NCCS3)C2=O)c1. The Labute approximate surface area is 302 Å². The largest absolute Gasteiger partial charge is 0.469 e. The number of anilines is 3. The number of aliphatic hydroxyl groups excluding tert-OH is 2. The van der Waals surface area contributed by atoms with E-state index in [2.05, 4.69) is 30.7 Å². The molecule has 272 valence electrons. The minimum absolute atomic E-state index is 0.125. The van der Waals surface area contributed by atoms with Crippen LogP contribution in [-0.2, 0) is 30.5 Å². The van der Waals surface area contributed by atoms with Gasteiger partial charge in [-0.25, -0.2) is 9.59 Å². The van der Waals surface area contributed by atoms with E-state index in [-0.39, 0.29) is 44.3 Å². The number of alkyl carbamates (subject to hydrolysis) is 1. The lowest BCUT2D eigenvalue weighted by molar-refractivity contribution is -0.140. The standard InChI is InChI=1S/C33H39N7O9S2/c1-48-26(43)10-5-11-36-33(47)49-19-20-6-4-7-21(16-20)37-32(46)38-27-30(44)39(17-24(41)28-34-12-14-50-28)22-8-2-3-9-23(22)40(31(27)45)18-25(42)29-35-13-15-51-29/h2-4,6-9,16,24-25,27,41-42H,5,10-15,17-19H2,1H3,(H,36,47)(H2,37,38,46). The highest BCUT2D eigenvalue weighted by Gasteiger charge is 2.43. The summed E-state index contributed by atoms with van der Waals surface area (Å²) in [5, 5.41) is 30.7. The van der Waals surface area contributed by atoms with Gasteiger partial charge in [-0.3, -0.25) is 24.4 Å². The summed E-state index contributed by atoms with van der Waals surface area (Å²) >= 11 is 2.77. The first kappa shape index (κ1) is 37.6. The quantitative estimate of drug-likeness (QED) is 0.107. The number of para-hydroxylation sites is 2. The number of carbonyl (C=O) groups is 5. The van der Waals surface area contributed by atoms with Crippen LogP contribution in [0.3, 0.4) is 0 Å². The number of β-amino-alcohol motifs (C(OH)–C–C–N with tert-alkyl or cyclic N) is 2. The zero-order chi connectivity index (χ0) is 36.3. The van der Waals surface area contributed by atoms with Crippen LogP contribution in [0.1, 0.15) is 18.4 Å². The third-order valence-corrected chi connectivity index (χ3v) is 10.0. The van der Waals surface area contributed by atoms with Crippen molar-refractivity contribution in [2.45, 2.75) is 37.7 Å². The number of aliphatic hydroxyl groups is 2. The first-order chi connectivity index (χ1) is 24.6. The van der Waals surface area contributed by atoms with Gasteiger partial charge in [0.05, 0.1) is 41.7 Å². The minimum atomic E-state index is -1.73. The molecule has 18 heteroatoms. The Bertz CT molecular complexity index is 1620. The molecule has 3 heterocycles. The number of hydrogen-bond donors (Lipinski definition) is 5. The third-order valence-electron chi connectivity index (χ3n) is 7.87. The molecule has 16 nitrogen and oxygen atoms in total. The molecule has 0 bridgehead atoms. The maximum absolute atomic E-state index is 14.2. The van der Waals surface area contributed by atoms with Gasteiger partial charge in [0.2, 0.25) is 0 Å². The van der Waals surface area contributed by atoms with Crippen molar-refractivity contribution in [2.75, 3.05) is 66.5 Å². The van der Waals surface area contributed by atoms with E-state index in [1.54, 1.807) is 48.5 Å². The van der Waals surface area contributed by atoms with Crippen molar-refractivity contribution in [3.63, 3.8) is 0 Å². The van der Waals surface area contributed by atoms with Crippen molar-refractivity contribution >= 4 is 80.6 Å². The predicted octanol–water partition coefficient (Wildman–Crippen LogP) is 1.75. The number of esters is 1. The van der Waals surface area contributed by atoms with Gasteiger partial charge in [0, 0.05) is 43.2 Å². The zero-order valence-electron chi connectivity index (χ0n) is 27.8. The van der Waals surface area contributed by atoms with Crippen molar-refractivity contribution in [3.05, 3.63) is 54.1 Å². The zero-order valence-corrected chi connectivity index (χ0v) is 29.4. The molecule has 2 unspecified atom stereocenters. The molecule has 3 aliphatic rings. The summed E-state index contributed by atoms with van der Waals surface area (Å²) in [6.45, 7) is 0.713. The van der Waals surface area contributed by atoms with E-state index >= 15 is 0 Å². The van der Waals surface area contributed by atoms with Crippen LogP contribution >= 0.6 is 23.5 Å². The van der Waals surface area contributed by atoms with Gasteiger partial charge in [0.15, 0.2) is 6.04 Å². The summed E-state index contributed by atoms with van der Waals surface area (Å²) in [6.07, 6.45) is -2.42. The Morgan fingerprint density at radius 3 is 2.08 bits per heavy atom. The fourth-order valence-corrected chi connectivity index (χ4v) is 7.13. The molecule has 0 radical (unpaired) electrons. The molecule has 5 rings (SSSR count). The number of nitrogens with zero attached hydrogens (tertiary/aromatic N) is 4. The summed E-state index contributed by atoms with van der Waals surface area (Å²) < 4.78 is 9.78. The van der Waals surface area contributed by atoms with Crippen molar-refractivity contribution in [3.8, 4) is 0 Å². The first-order valence-electron chi connectivity index (χ1n) is 16.2. The summed E-state index contributed by atoms with van der Waals surface area (Å²) in [5.74, 6) is -0.547. The highest BCUT2D eigenvalue weighted by molar-refractivity contribution is 8.14. The van der Waals surface area contributed by atoms with Crippen LogP contribution < -0.4 is 25.8 Å². The Morgan fingerprint density at radius 1 is 0.922 bits per heavy atom. The lowest BCUT2D eigenvalue weighted by Gasteiger charge is -2.27. The first-order valence-corrected chi connectivity index (χ1v) is 18.2. The monoisotopic (exact) mass is 741 g/mol. The molecule has 5 N–H and O–H groups in total. The molecule has 0 saturated heterocycles. The van der Waals surface area contributed by atoms with Crippen LogP contribution in [-0.4, -0.2) is 120 Å². The van der Waals surface area contributed by atoms with E-state index in [0.717, 1.165) is 0 Å². The van der Waals surface area contributed by atoms with Crippen molar-refractivity contribution in [1.29, 1.82) is 0 Å². The average Bonchev–Trinajstić information content (AvgIpc) is 3.87. The van der Waals surface area contributed by atoms with Crippen LogP contribution in [0, 0.1) is 0 Å². The van der Waals surface area contributed by atoms with E-state index in [0.29, 0.717) is 58.0 Å². The molecular formula is C33H39N7O9S2. The molecule has 51 heavy (non-hydrogen) atoms. The summed E-state index contributed by atoms with van der Waals surface area (Å²) in [4.78, 5) is 76.3. The number of amides is 5. The van der Waals surface area contributed by atoms with Crippen molar-refractivity contribution in [2.24, 2.45) is 9.98 Å². The Balaban J connectivity index is 1.30. The van der Waals surface area contributed by atoms with Gasteiger partial charge >= 0.3 is 18.1 Å². The molecule has 0 spiro atoms. The maximum atomic E-state index is 14.2. The summed E-state index contributed by atoms with van der Waals surface area (Å²) in [5.41, 5.74) is 1.46. The van der Waals surface area contributed by atoms with Crippen LogP contribution in [0.25, 0.3) is 0 Å². The molecule has 0 fully saturated rings. The minimum Gasteiger partial charge on any atom is -0.469 e. The van der Waals surface area contributed by atoms with Crippen LogP contribution in [0.15, 0.2) is 58.5 Å². The number of methoxy groups -OCH3 is 1. The van der Waals surface area contributed by atoms with Crippen molar-refractivity contribution in [1.82, 2.24) is 10.6 Å². The number of hydrogen-bond acceptors (Lipinski definition) is 13. The molecule has 0 aromatic heterocycles.